The van der Waals surface area contributed by atoms with Crippen molar-refractivity contribution in [3.8, 4) is 0 Å². The van der Waals surface area contributed by atoms with Gasteiger partial charge >= 0.3 is 0 Å². The number of oxime groups is 1. The van der Waals surface area contributed by atoms with E-state index in [0.717, 1.165) is 24.1 Å². The van der Waals surface area contributed by atoms with Crippen molar-refractivity contribution in [2.75, 3.05) is 0 Å². The molecule has 0 aromatic heterocycles. The second-order valence-electron chi connectivity index (χ2n) is 4.86. The molecule has 19 heavy (non-hydrogen) atoms. The molecule has 0 spiro atoms. The lowest BCUT2D eigenvalue weighted by Crippen LogP contribution is -2.67. The van der Waals surface area contributed by atoms with Crippen molar-refractivity contribution >= 4 is 11.6 Å². The molecule has 1 aromatic rings. The van der Waals surface area contributed by atoms with Gasteiger partial charge in [-0.1, -0.05) is 49.3 Å². The van der Waals surface area contributed by atoms with Gasteiger partial charge in [0, 0.05) is 0 Å². The van der Waals surface area contributed by atoms with Crippen molar-refractivity contribution in [2.24, 2.45) is 10.6 Å². The lowest BCUT2D eigenvalue weighted by molar-refractivity contribution is -0.175. The summed E-state index contributed by atoms with van der Waals surface area (Å²) in [6, 6.07) is 9.84. The molecule has 1 aromatic carbocycles. The Bertz CT molecular complexity index is 478. The van der Waals surface area contributed by atoms with Crippen molar-refractivity contribution in [1.29, 1.82) is 0 Å². The molecular weight excluding hydrogens is 240 g/mol. The monoisotopic (exact) mass is 260 g/mol. The number of carbonyl (C=O) groups excluding carboxylic acids is 1. The first-order valence-electron chi connectivity index (χ1n) is 6.71. The van der Waals surface area contributed by atoms with Gasteiger partial charge in [-0.05, 0) is 25.3 Å². The molecular formula is C15H20N2O2. The number of nitrogens with one attached hydrogen (secondary N) is 1. The Morgan fingerprint density at radius 3 is 2.47 bits per heavy atom. The largest absolute Gasteiger partial charge is 0.369 e. The van der Waals surface area contributed by atoms with E-state index in [2.05, 4.69) is 10.5 Å². The molecule has 1 unspecified atom stereocenters. The van der Waals surface area contributed by atoms with E-state index in [4.69, 9.17) is 4.84 Å². The summed E-state index contributed by atoms with van der Waals surface area (Å²) in [5.41, 5.74) is 1.41. The van der Waals surface area contributed by atoms with Gasteiger partial charge in [0.2, 0.25) is 12.1 Å². The normalized spacial score (nSPS) is 21.5. The fourth-order valence-electron chi connectivity index (χ4n) is 2.38. The van der Waals surface area contributed by atoms with Gasteiger partial charge in [0.1, 0.15) is 5.41 Å². The predicted octanol–water partition coefficient (Wildman–Crippen LogP) is 2.69. The molecule has 102 valence electrons. The average molecular weight is 260 g/mol. The Kier molecular flexibility index (Phi) is 3.88. The van der Waals surface area contributed by atoms with E-state index in [9.17, 15) is 4.79 Å². The SMILES string of the molecule is CCC1(CC)C(=O)NC1O/N=C(\C)c1ccccc1. The number of β-lactam (4-membered cyclic amide) rings is 1. The zero-order valence-electron chi connectivity index (χ0n) is 11.6. The van der Waals surface area contributed by atoms with Crippen molar-refractivity contribution in [1.82, 2.24) is 5.32 Å². The highest BCUT2D eigenvalue weighted by Gasteiger charge is 2.54. The van der Waals surface area contributed by atoms with Gasteiger partial charge in [-0.25, -0.2) is 0 Å². The molecule has 0 aliphatic carbocycles. The van der Waals surface area contributed by atoms with E-state index in [-0.39, 0.29) is 12.1 Å². The number of rotatable bonds is 5. The van der Waals surface area contributed by atoms with Crippen LogP contribution in [-0.4, -0.2) is 17.8 Å². The number of hydrogen-bond acceptors (Lipinski definition) is 3. The number of nitrogens with zero attached hydrogens (tertiary/aromatic N) is 1. The maximum Gasteiger partial charge on any atom is 0.234 e. The fourth-order valence-corrected chi connectivity index (χ4v) is 2.38. The van der Waals surface area contributed by atoms with Gasteiger partial charge in [0.15, 0.2) is 0 Å². The zero-order valence-corrected chi connectivity index (χ0v) is 11.6. The Morgan fingerprint density at radius 1 is 1.32 bits per heavy atom. The maximum absolute atomic E-state index is 11.7. The van der Waals surface area contributed by atoms with Crippen LogP contribution in [0.25, 0.3) is 0 Å². The summed E-state index contributed by atoms with van der Waals surface area (Å²) in [6.07, 6.45) is 1.22. The van der Waals surface area contributed by atoms with Crippen molar-refractivity contribution in [3.63, 3.8) is 0 Å². The lowest BCUT2D eigenvalue weighted by atomic mass is 9.74. The Balaban J connectivity index is 2.05. The highest BCUT2D eigenvalue weighted by Crippen LogP contribution is 2.38. The Morgan fingerprint density at radius 2 is 1.95 bits per heavy atom. The topological polar surface area (TPSA) is 50.7 Å². The molecule has 4 nitrogen and oxygen atoms in total. The first-order chi connectivity index (χ1) is 9.14. The standard InChI is InChI=1S/C15H20N2O2/c1-4-15(5-2)13(18)16-14(15)19-17-11(3)12-9-7-6-8-10-12/h6-10,14H,4-5H2,1-3H3,(H,16,18)/b17-11+. The van der Waals surface area contributed by atoms with Crippen LogP contribution >= 0.6 is 0 Å². The molecule has 0 saturated carbocycles. The third kappa shape index (κ3) is 2.35. The van der Waals surface area contributed by atoms with Crippen LogP contribution in [0.3, 0.4) is 0 Å². The van der Waals surface area contributed by atoms with E-state index in [1.165, 1.54) is 0 Å². The predicted molar refractivity (Wildman–Crippen MR) is 74.7 cm³/mol. The van der Waals surface area contributed by atoms with E-state index in [1.54, 1.807) is 0 Å². The molecule has 1 atom stereocenters. The van der Waals surface area contributed by atoms with E-state index in [0.29, 0.717) is 0 Å². The minimum absolute atomic E-state index is 0.0649. The quantitative estimate of drug-likeness (QED) is 0.503. The van der Waals surface area contributed by atoms with Gasteiger partial charge in [-0.2, -0.15) is 0 Å². The van der Waals surface area contributed by atoms with Crippen LogP contribution in [0.15, 0.2) is 35.5 Å². The number of benzene rings is 1. The summed E-state index contributed by atoms with van der Waals surface area (Å²) in [6.45, 7) is 5.91. The van der Waals surface area contributed by atoms with Crippen LogP contribution < -0.4 is 5.32 Å². The van der Waals surface area contributed by atoms with Crippen molar-refractivity contribution in [3.05, 3.63) is 35.9 Å². The summed E-state index contributed by atoms with van der Waals surface area (Å²) >= 11 is 0. The summed E-state index contributed by atoms with van der Waals surface area (Å²) in [4.78, 5) is 17.2. The van der Waals surface area contributed by atoms with Crippen LogP contribution in [0.2, 0.25) is 0 Å². The molecule has 1 heterocycles. The second kappa shape index (κ2) is 5.43. The van der Waals surface area contributed by atoms with Crippen molar-refractivity contribution in [2.45, 2.75) is 39.8 Å². The molecule has 1 N–H and O–H groups in total. The second-order valence-corrected chi connectivity index (χ2v) is 4.86. The summed E-state index contributed by atoms with van der Waals surface area (Å²) in [7, 11) is 0. The van der Waals surface area contributed by atoms with Gasteiger partial charge in [0.25, 0.3) is 0 Å². The minimum atomic E-state index is -0.416. The number of hydrogen-bond donors (Lipinski definition) is 1. The molecule has 1 aliphatic heterocycles. The summed E-state index contributed by atoms with van der Waals surface area (Å²) in [5, 5.41) is 6.92. The van der Waals surface area contributed by atoms with E-state index in [1.807, 2.05) is 51.1 Å². The van der Waals surface area contributed by atoms with E-state index < -0.39 is 5.41 Å². The molecule has 0 radical (unpaired) electrons. The molecule has 0 bridgehead atoms. The first kappa shape index (κ1) is 13.6. The lowest BCUT2D eigenvalue weighted by Gasteiger charge is -2.45. The van der Waals surface area contributed by atoms with Crippen LogP contribution in [0, 0.1) is 5.41 Å². The Hall–Kier alpha value is -1.84. The van der Waals surface area contributed by atoms with Gasteiger partial charge in [0.05, 0.1) is 5.71 Å². The first-order valence-corrected chi connectivity index (χ1v) is 6.71. The molecule has 1 aliphatic rings. The summed E-state index contributed by atoms with van der Waals surface area (Å²) < 4.78 is 0. The smallest absolute Gasteiger partial charge is 0.234 e. The number of amides is 1. The van der Waals surface area contributed by atoms with Crippen LogP contribution in [0.5, 0.6) is 0 Å². The zero-order chi connectivity index (χ0) is 13.9. The van der Waals surface area contributed by atoms with Crippen LogP contribution in [0.1, 0.15) is 39.2 Å². The van der Waals surface area contributed by atoms with Gasteiger partial charge in [-0.15, -0.1) is 0 Å². The average Bonchev–Trinajstić information content (AvgIpc) is 2.45. The van der Waals surface area contributed by atoms with E-state index >= 15 is 0 Å². The Labute approximate surface area is 113 Å². The third-order valence-electron chi connectivity index (χ3n) is 3.96. The van der Waals surface area contributed by atoms with Gasteiger partial charge < -0.3 is 10.2 Å². The molecule has 4 heteroatoms. The third-order valence-corrected chi connectivity index (χ3v) is 3.96. The summed E-state index contributed by atoms with van der Waals surface area (Å²) in [5.74, 6) is 0.0649. The minimum Gasteiger partial charge on any atom is -0.369 e. The van der Waals surface area contributed by atoms with Crippen LogP contribution in [-0.2, 0) is 9.63 Å². The fraction of sp³-hybridized carbons (Fsp3) is 0.467. The highest BCUT2D eigenvalue weighted by molar-refractivity contribution is 5.98. The van der Waals surface area contributed by atoms with Crippen molar-refractivity contribution < 1.29 is 9.63 Å². The van der Waals surface area contributed by atoms with Crippen LogP contribution in [0.4, 0.5) is 0 Å². The molecule has 2 rings (SSSR count). The van der Waals surface area contributed by atoms with Gasteiger partial charge in [-0.3, -0.25) is 4.79 Å². The maximum atomic E-state index is 11.7. The molecule has 1 saturated heterocycles. The molecule has 1 amide bonds. The number of carbonyl (C=O) groups is 1. The highest BCUT2D eigenvalue weighted by atomic mass is 16.7. The molecule has 1 fully saturated rings.